The normalized spacial score (nSPS) is 10.4. The Labute approximate surface area is 111 Å². The number of nitrogens with zero attached hydrogens (tertiary/aromatic N) is 1. The van der Waals surface area contributed by atoms with Crippen molar-refractivity contribution in [2.75, 3.05) is 7.05 Å². The van der Waals surface area contributed by atoms with Crippen molar-refractivity contribution >= 4 is 44.5 Å². The van der Waals surface area contributed by atoms with Gasteiger partial charge in [-0.2, -0.15) is 0 Å². The predicted octanol–water partition coefficient (Wildman–Crippen LogP) is 3.84. The first-order valence-corrected chi connectivity index (χ1v) is 7.19. The van der Waals surface area contributed by atoms with E-state index in [0.29, 0.717) is 6.54 Å². The molecule has 0 bridgehead atoms. The van der Waals surface area contributed by atoms with Crippen LogP contribution in [0.5, 0.6) is 0 Å². The average Bonchev–Trinajstić information content (AvgIpc) is 2.88. The van der Waals surface area contributed by atoms with Gasteiger partial charge in [0.05, 0.1) is 15.2 Å². The lowest BCUT2D eigenvalue weighted by Crippen LogP contribution is -2.24. The second-order valence-electron chi connectivity index (χ2n) is 3.34. The summed E-state index contributed by atoms with van der Waals surface area (Å²) in [5, 5.41) is 2.02. The largest absolute Gasteiger partial charge is 0.336 e. The van der Waals surface area contributed by atoms with Crippen LogP contribution in [-0.4, -0.2) is 17.9 Å². The van der Waals surface area contributed by atoms with Gasteiger partial charge in [-0.15, -0.1) is 22.7 Å². The summed E-state index contributed by atoms with van der Waals surface area (Å²) in [6.07, 6.45) is 0. The van der Waals surface area contributed by atoms with Crippen LogP contribution in [0.3, 0.4) is 0 Å². The van der Waals surface area contributed by atoms with E-state index in [4.69, 9.17) is 0 Å². The van der Waals surface area contributed by atoms with Crippen LogP contribution < -0.4 is 0 Å². The molecule has 0 aliphatic heterocycles. The zero-order chi connectivity index (χ0) is 11.5. The van der Waals surface area contributed by atoms with E-state index in [2.05, 4.69) is 15.9 Å². The Bertz CT molecular complexity index is 478. The average molecular weight is 316 g/mol. The highest BCUT2D eigenvalue weighted by Crippen LogP contribution is 2.23. The second kappa shape index (κ2) is 5.12. The van der Waals surface area contributed by atoms with Crippen LogP contribution in [0.1, 0.15) is 14.5 Å². The van der Waals surface area contributed by atoms with Crippen molar-refractivity contribution in [3.63, 3.8) is 0 Å². The number of hydrogen-bond donors (Lipinski definition) is 0. The molecule has 0 saturated heterocycles. The third-order valence-corrected chi connectivity index (χ3v) is 4.58. The molecule has 5 heteroatoms. The van der Waals surface area contributed by atoms with E-state index in [0.717, 1.165) is 8.66 Å². The van der Waals surface area contributed by atoms with Gasteiger partial charge in [-0.05, 0) is 39.5 Å². The van der Waals surface area contributed by atoms with Crippen LogP contribution in [0.25, 0.3) is 0 Å². The maximum Gasteiger partial charge on any atom is 0.264 e. The zero-order valence-corrected chi connectivity index (χ0v) is 11.9. The standard InChI is InChI=1S/C11H10BrNOS2/c1-13(7-8-3-2-6-15-8)11(14)9-4-5-10(12)16-9/h2-6H,7H2,1H3. The Morgan fingerprint density at radius 2 is 2.25 bits per heavy atom. The summed E-state index contributed by atoms with van der Waals surface area (Å²) in [4.78, 5) is 15.7. The van der Waals surface area contributed by atoms with Crippen molar-refractivity contribution in [1.29, 1.82) is 0 Å². The van der Waals surface area contributed by atoms with Crippen molar-refractivity contribution in [2.45, 2.75) is 6.54 Å². The fourth-order valence-electron chi connectivity index (χ4n) is 1.33. The molecule has 0 unspecified atom stereocenters. The van der Waals surface area contributed by atoms with Crippen molar-refractivity contribution in [3.8, 4) is 0 Å². The number of carbonyl (C=O) groups excluding carboxylic acids is 1. The first-order valence-electron chi connectivity index (χ1n) is 4.70. The lowest BCUT2D eigenvalue weighted by atomic mass is 10.4. The molecule has 0 aliphatic carbocycles. The molecule has 0 saturated carbocycles. The Balaban J connectivity index is 2.05. The van der Waals surface area contributed by atoms with E-state index in [9.17, 15) is 4.79 Å². The van der Waals surface area contributed by atoms with Crippen LogP contribution in [0.15, 0.2) is 33.4 Å². The van der Waals surface area contributed by atoms with E-state index >= 15 is 0 Å². The number of carbonyl (C=O) groups is 1. The second-order valence-corrected chi connectivity index (χ2v) is 6.84. The highest BCUT2D eigenvalue weighted by molar-refractivity contribution is 9.11. The molecule has 0 aromatic carbocycles. The van der Waals surface area contributed by atoms with Crippen molar-refractivity contribution in [2.24, 2.45) is 0 Å². The summed E-state index contributed by atoms with van der Waals surface area (Å²) >= 11 is 6.49. The number of halogens is 1. The SMILES string of the molecule is CN(Cc1cccs1)C(=O)c1ccc(Br)s1. The molecule has 0 spiro atoms. The summed E-state index contributed by atoms with van der Waals surface area (Å²) < 4.78 is 0.986. The van der Waals surface area contributed by atoms with E-state index < -0.39 is 0 Å². The number of hydrogen-bond acceptors (Lipinski definition) is 3. The van der Waals surface area contributed by atoms with Crippen LogP contribution in [0.2, 0.25) is 0 Å². The van der Waals surface area contributed by atoms with Crippen LogP contribution >= 0.6 is 38.6 Å². The lowest BCUT2D eigenvalue weighted by Gasteiger charge is -2.14. The molecule has 2 rings (SSSR count). The molecule has 0 N–H and O–H groups in total. The minimum atomic E-state index is 0.0732. The molecule has 2 aromatic rings. The summed E-state index contributed by atoms with van der Waals surface area (Å²) in [6.45, 7) is 0.673. The Kier molecular flexibility index (Phi) is 3.78. The third-order valence-electron chi connectivity index (χ3n) is 2.10. The first-order chi connectivity index (χ1) is 7.66. The molecule has 2 heterocycles. The van der Waals surface area contributed by atoms with Crippen LogP contribution in [0, 0.1) is 0 Å². The van der Waals surface area contributed by atoms with E-state index in [1.165, 1.54) is 16.2 Å². The fraction of sp³-hybridized carbons (Fsp3) is 0.182. The molecule has 0 fully saturated rings. The molecule has 2 nitrogen and oxygen atoms in total. The molecule has 84 valence electrons. The summed E-state index contributed by atoms with van der Waals surface area (Å²) in [5.74, 6) is 0.0732. The highest BCUT2D eigenvalue weighted by Gasteiger charge is 2.14. The molecular formula is C11H10BrNOS2. The van der Waals surface area contributed by atoms with E-state index in [1.54, 1.807) is 16.2 Å². The molecule has 0 radical (unpaired) electrons. The van der Waals surface area contributed by atoms with Gasteiger partial charge in [0.1, 0.15) is 0 Å². The van der Waals surface area contributed by atoms with Gasteiger partial charge in [0, 0.05) is 11.9 Å². The summed E-state index contributed by atoms with van der Waals surface area (Å²) in [6, 6.07) is 7.79. The Morgan fingerprint density at radius 1 is 1.44 bits per heavy atom. The van der Waals surface area contributed by atoms with Gasteiger partial charge in [0.2, 0.25) is 0 Å². The van der Waals surface area contributed by atoms with Crippen molar-refractivity contribution < 1.29 is 4.79 Å². The molecule has 1 amide bonds. The Hall–Kier alpha value is -0.650. The van der Waals surface area contributed by atoms with Gasteiger partial charge in [0.15, 0.2) is 0 Å². The van der Waals surface area contributed by atoms with Gasteiger partial charge in [-0.25, -0.2) is 0 Å². The number of thiophene rings is 2. The fourth-order valence-corrected chi connectivity index (χ4v) is 3.46. The summed E-state index contributed by atoms with van der Waals surface area (Å²) in [7, 11) is 1.83. The number of amides is 1. The lowest BCUT2D eigenvalue weighted by molar-refractivity contribution is 0.0791. The Morgan fingerprint density at radius 3 is 2.81 bits per heavy atom. The monoisotopic (exact) mass is 315 g/mol. The smallest absolute Gasteiger partial charge is 0.264 e. The highest BCUT2D eigenvalue weighted by atomic mass is 79.9. The maximum absolute atomic E-state index is 12.0. The first kappa shape index (κ1) is 11.8. The van der Waals surface area contributed by atoms with E-state index in [-0.39, 0.29) is 5.91 Å². The van der Waals surface area contributed by atoms with Crippen molar-refractivity contribution in [1.82, 2.24) is 4.90 Å². The van der Waals surface area contributed by atoms with Crippen LogP contribution in [0.4, 0.5) is 0 Å². The van der Waals surface area contributed by atoms with E-state index in [1.807, 2.05) is 36.7 Å². The van der Waals surface area contributed by atoms with Gasteiger partial charge in [-0.3, -0.25) is 4.79 Å². The van der Waals surface area contributed by atoms with Crippen molar-refractivity contribution in [3.05, 3.63) is 43.2 Å². The molecule has 0 aliphatic rings. The third kappa shape index (κ3) is 2.72. The molecular weight excluding hydrogens is 306 g/mol. The van der Waals surface area contributed by atoms with Gasteiger partial charge in [0.25, 0.3) is 5.91 Å². The van der Waals surface area contributed by atoms with Gasteiger partial charge in [-0.1, -0.05) is 6.07 Å². The minimum Gasteiger partial charge on any atom is -0.336 e. The maximum atomic E-state index is 12.0. The van der Waals surface area contributed by atoms with Gasteiger partial charge >= 0.3 is 0 Å². The topological polar surface area (TPSA) is 20.3 Å². The molecule has 0 atom stereocenters. The molecule has 16 heavy (non-hydrogen) atoms. The molecule has 2 aromatic heterocycles. The summed E-state index contributed by atoms with van der Waals surface area (Å²) in [5.41, 5.74) is 0. The van der Waals surface area contributed by atoms with Gasteiger partial charge < -0.3 is 4.90 Å². The quantitative estimate of drug-likeness (QED) is 0.842. The zero-order valence-electron chi connectivity index (χ0n) is 8.64. The van der Waals surface area contributed by atoms with Crippen LogP contribution in [-0.2, 0) is 6.54 Å². The number of rotatable bonds is 3. The minimum absolute atomic E-state index is 0.0732. The predicted molar refractivity (Wildman–Crippen MR) is 72.1 cm³/mol.